The summed E-state index contributed by atoms with van der Waals surface area (Å²) in [4.78, 5) is 15.8. The van der Waals surface area contributed by atoms with Crippen LogP contribution in [0.25, 0.3) is 100.0 Å². The number of benzene rings is 7. The van der Waals surface area contributed by atoms with E-state index in [1.807, 2.05) is 12.1 Å². The van der Waals surface area contributed by atoms with Gasteiger partial charge < -0.3 is 4.42 Å². The molecule has 0 aliphatic carbocycles. The molecule has 4 aromatic heterocycles. The molecular weight excluding hydrogens is 627 g/mol. The molecule has 11 rings (SSSR count). The molecule has 0 unspecified atom stereocenters. The van der Waals surface area contributed by atoms with E-state index in [0.29, 0.717) is 17.7 Å². The highest BCUT2D eigenvalue weighted by molar-refractivity contribution is 6.10. The van der Waals surface area contributed by atoms with E-state index in [1.165, 1.54) is 0 Å². The maximum absolute atomic E-state index is 6.12. The Morgan fingerprint density at radius 1 is 0.333 bits per heavy atom. The molecule has 51 heavy (non-hydrogen) atoms. The molecule has 6 nitrogen and oxygen atoms in total. The largest absolute Gasteiger partial charge is 0.456 e. The van der Waals surface area contributed by atoms with Gasteiger partial charge in [0.25, 0.3) is 0 Å². The monoisotopic (exact) mass is 653 g/mol. The van der Waals surface area contributed by atoms with Crippen LogP contribution in [-0.2, 0) is 0 Å². The van der Waals surface area contributed by atoms with Crippen LogP contribution < -0.4 is 0 Å². The van der Waals surface area contributed by atoms with Crippen LogP contribution in [0.4, 0.5) is 0 Å². The Labute approximate surface area is 291 Å². The zero-order valence-electron chi connectivity index (χ0n) is 27.2. The van der Waals surface area contributed by atoms with Gasteiger partial charge in [-0.25, -0.2) is 0 Å². The highest BCUT2D eigenvalue weighted by Crippen LogP contribution is 2.36. The molecule has 0 fully saturated rings. The van der Waals surface area contributed by atoms with E-state index in [-0.39, 0.29) is 0 Å². The second-order valence-corrected chi connectivity index (χ2v) is 12.9. The Morgan fingerprint density at radius 2 is 0.784 bits per heavy atom. The maximum atomic E-state index is 6.12. The summed E-state index contributed by atoms with van der Waals surface area (Å²) < 4.78 is 10.4. The molecule has 0 saturated carbocycles. The van der Waals surface area contributed by atoms with E-state index in [9.17, 15) is 0 Å². The minimum atomic E-state index is 0.561. The van der Waals surface area contributed by atoms with E-state index >= 15 is 0 Å². The lowest BCUT2D eigenvalue weighted by molar-refractivity contribution is 0.669. The molecule has 7 aromatic carbocycles. The van der Waals surface area contributed by atoms with Crippen molar-refractivity contribution in [3.05, 3.63) is 164 Å². The third-order valence-electron chi connectivity index (χ3n) is 10.0. The van der Waals surface area contributed by atoms with Gasteiger partial charge in [-0.2, -0.15) is 15.0 Å². The molecule has 11 aromatic rings. The second-order valence-electron chi connectivity index (χ2n) is 12.9. The molecule has 0 aliphatic heterocycles. The number of fused-ring (bicyclic) bond motifs is 9. The summed E-state index contributed by atoms with van der Waals surface area (Å²) in [5.41, 5.74) is 8.98. The Morgan fingerprint density at radius 3 is 1.35 bits per heavy atom. The number of aromatic nitrogens is 5. The van der Waals surface area contributed by atoms with Gasteiger partial charge in [-0.3, -0.25) is 9.13 Å². The quantitative estimate of drug-likeness (QED) is 0.190. The lowest BCUT2D eigenvalue weighted by atomic mass is 10.0. The Kier molecular flexibility index (Phi) is 5.86. The van der Waals surface area contributed by atoms with Crippen molar-refractivity contribution in [1.29, 1.82) is 0 Å². The normalized spacial score (nSPS) is 11.9. The highest BCUT2D eigenvalue weighted by Gasteiger charge is 2.20. The number of nitrogens with zero attached hydrogens (tertiary/aromatic N) is 5. The van der Waals surface area contributed by atoms with Crippen molar-refractivity contribution in [3.8, 4) is 34.4 Å². The van der Waals surface area contributed by atoms with E-state index in [4.69, 9.17) is 19.4 Å². The molecule has 0 aliphatic rings. The molecule has 0 radical (unpaired) electrons. The summed E-state index contributed by atoms with van der Waals surface area (Å²) in [7, 11) is 0. The summed E-state index contributed by atoms with van der Waals surface area (Å²) in [5.74, 6) is 1.72. The van der Waals surface area contributed by atoms with Crippen LogP contribution in [-0.4, -0.2) is 24.1 Å². The number of hydrogen-bond acceptors (Lipinski definition) is 4. The van der Waals surface area contributed by atoms with Crippen molar-refractivity contribution in [2.45, 2.75) is 0 Å². The van der Waals surface area contributed by atoms with Gasteiger partial charge in [0.05, 0.1) is 22.1 Å². The molecule has 6 heteroatoms. The van der Waals surface area contributed by atoms with Crippen LogP contribution in [0.15, 0.2) is 168 Å². The van der Waals surface area contributed by atoms with Crippen molar-refractivity contribution < 1.29 is 4.42 Å². The van der Waals surface area contributed by atoms with E-state index < -0.39 is 0 Å². The lowest BCUT2D eigenvalue weighted by Gasteiger charge is -2.13. The van der Waals surface area contributed by atoms with Gasteiger partial charge in [0.2, 0.25) is 11.9 Å². The van der Waals surface area contributed by atoms with Crippen molar-refractivity contribution in [1.82, 2.24) is 24.1 Å². The standard InChI is InChI=1S/C45H27N5O/c1-6-19-37-31(14-1)32-15-2-7-20-38(32)49(37)44-46-43(47-45(48-44)50-39-21-8-3-16-33(39)34-17-4-9-22-40(34)50)30-13-11-12-28(26-30)29-24-25-42-36(27-29)35-18-5-10-23-41(35)51-42/h1-27H. The molecule has 238 valence electrons. The summed E-state index contributed by atoms with van der Waals surface area (Å²) in [6, 6.07) is 56.8. The predicted molar refractivity (Wildman–Crippen MR) is 207 cm³/mol. The fraction of sp³-hybridized carbons (Fsp3) is 0. The van der Waals surface area contributed by atoms with Crippen LogP contribution in [0, 0.1) is 0 Å². The topological polar surface area (TPSA) is 61.7 Å². The molecule has 0 amide bonds. The summed E-state index contributed by atoms with van der Waals surface area (Å²) in [6.45, 7) is 0. The smallest absolute Gasteiger partial charge is 0.240 e. The third-order valence-corrected chi connectivity index (χ3v) is 10.0. The highest BCUT2D eigenvalue weighted by atomic mass is 16.3. The predicted octanol–water partition coefficient (Wildman–Crippen LogP) is 11.3. The molecular formula is C45H27N5O. The van der Waals surface area contributed by atoms with Crippen LogP contribution in [0.1, 0.15) is 0 Å². The number of para-hydroxylation sites is 5. The van der Waals surface area contributed by atoms with E-state index in [2.05, 4.69) is 161 Å². The fourth-order valence-corrected chi connectivity index (χ4v) is 7.70. The molecule has 0 saturated heterocycles. The van der Waals surface area contributed by atoms with Crippen molar-refractivity contribution in [2.24, 2.45) is 0 Å². The van der Waals surface area contributed by atoms with Gasteiger partial charge in [0.1, 0.15) is 11.2 Å². The molecule has 0 atom stereocenters. The Bertz CT molecular complexity index is 2930. The summed E-state index contributed by atoms with van der Waals surface area (Å²) >= 11 is 0. The molecule has 0 bridgehead atoms. The average Bonchev–Trinajstić information content (AvgIpc) is 3.85. The van der Waals surface area contributed by atoms with Crippen LogP contribution >= 0.6 is 0 Å². The first-order valence-electron chi connectivity index (χ1n) is 17.0. The fourth-order valence-electron chi connectivity index (χ4n) is 7.70. The molecule has 0 spiro atoms. The van der Waals surface area contributed by atoms with E-state index in [0.717, 1.165) is 82.2 Å². The van der Waals surface area contributed by atoms with Gasteiger partial charge >= 0.3 is 0 Å². The Balaban J connectivity index is 1.17. The zero-order chi connectivity index (χ0) is 33.5. The minimum Gasteiger partial charge on any atom is -0.456 e. The minimum absolute atomic E-state index is 0.561. The van der Waals surface area contributed by atoms with Crippen LogP contribution in [0.5, 0.6) is 0 Å². The SMILES string of the molecule is c1cc(-c2ccc3oc4ccccc4c3c2)cc(-c2nc(-n3c4ccccc4c4ccccc43)nc(-n3c4ccccc4c4ccccc43)n2)c1. The summed E-state index contributed by atoms with van der Waals surface area (Å²) in [5, 5.41) is 6.80. The van der Waals surface area contributed by atoms with Crippen molar-refractivity contribution >= 4 is 65.6 Å². The van der Waals surface area contributed by atoms with E-state index in [1.54, 1.807) is 0 Å². The van der Waals surface area contributed by atoms with Crippen molar-refractivity contribution in [2.75, 3.05) is 0 Å². The maximum Gasteiger partial charge on any atom is 0.240 e. The van der Waals surface area contributed by atoms with Crippen molar-refractivity contribution in [3.63, 3.8) is 0 Å². The van der Waals surface area contributed by atoms with Crippen LogP contribution in [0.3, 0.4) is 0 Å². The first-order valence-corrected chi connectivity index (χ1v) is 17.0. The summed E-state index contributed by atoms with van der Waals surface area (Å²) in [6.07, 6.45) is 0. The third kappa shape index (κ3) is 4.20. The van der Waals surface area contributed by atoms with Crippen LogP contribution in [0.2, 0.25) is 0 Å². The zero-order valence-corrected chi connectivity index (χ0v) is 27.2. The first-order chi connectivity index (χ1) is 25.3. The van der Waals surface area contributed by atoms with Gasteiger partial charge in [-0.15, -0.1) is 0 Å². The van der Waals surface area contributed by atoms with Gasteiger partial charge in [-0.05, 0) is 59.7 Å². The second kappa shape index (κ2) is 10.7. The average molecular weight is 654 g/mol. The number of rotatable bonds is 4. The Hall–Kier alpha value is -7.05. The molecule has 4 heterocycles. The van der Waals surface area contributed by atoms with Gasteiger partial charge in [0.15, 0.2) is 5.82 Å². The lowest BCUT2D eigenvalue weighted by Crippen LogP contribution is -2.10. The number of furan rings is 1. The van der Waals surface area contributed by atoms with Gasteiger partial charge in [-0.1, -0.05) is 115 Å². The van der Waals surface area contributed by atoms with Gasteiger partial charge in [0, 0.05) is 37.9 Å². The number of hydrogen-bond donors (Lipinski definition) is 0. The first kappa shape index (κ1) is 27.9. The molecule has 0 N–H and O–H groups in total.